The molecule has 0 aromatic carbocycles. The van der Waals surface area contributed by atoms with Gasteiger partial charge in [-0.1, -0.05) is 20.8 Å². The zero-order valence-electron chi connectivity index (χ0n) is 6.13. The zero-order chi connectivity index (χ0) is 7.44. The molecule has 1 atom stereocenters. The van der Waals surface area contributed by atoms with E-state index in [1.54, 1.807) is 0 Å². The third-order valence-electron chi connectivity index (χ3n) is 1.58. The van der Waals surface area contributed by atoms with E-state index in [-0.39, 0.29) is 17.4 Å². The number of nitro groups is 1. The lowest BCUT2D eigenvalue weighted by Crippen LogP contribution is -2.15. The highest BCUT2D eigenvalue weighted by Crippen LogP contribution is 2.08. The number of rotatable bonds is 3. The monoisotopic (exact) mass is 131 g/mol. The Balaban J connectivity index is 3.50. The van der Waals surface area contributed by atoms with E-state index in [0.29, 0.717) is 5.92 Å². The molecule has 3 nitrogen and oxygen atoms in total. The Labute approximate surface area is 55.2 Å². The number of nitrogens with zero attached hydrogens (tertiary/aromatic N) is 1. The third kappa shape index (κ3) is 3.94. The van der Waals surface area contributed by atoms with E-state index < -0.39 is 0 Å². The van der Waals surface area contributed by atoms with Gasteiger partial charge >= 0.3 is 0 Å². The molecule has 0 N–H and O–H groups in total. The molecule has 0 aromatic rings. The van der Waals surface area contributed by atoms with Crippen molar-refractivity contribution in [1.82, 2.24) is 0 Å². The second-order valence-corrected chi connectivity index (χ2v) is 2.74. The van der Waals surface area contributed by atoms with E-state index in [1.807, 2.05) is 20.8 Å². The molecule has 0 amide bonds. The van der Waals surface area contributed by atoms with Crippen molar-refractivity contribution in [3.8, 4) is 0 Å². The van der Waals surface area contributed by atoms with Crippen molar-refractivity contribution in [3.63, 3.8) is 0 Å². The van der Waals surface area contributed by atoms with Gasteiger partial charge in [-0.25, -0.2) is 0 Å². The van der Waals surface area contributed by atoms with Crippen LogP contribution >= 0.6 is 0 Å². The number of hydrogen-bond donors (Lipinski definition) is 0. The lowest BCUT2D eigenvalue weighted by molar-refractivity contribution is -0.488. The molecule has 9 heavy (non-hydrogen) atoms. The lowest BCUT2D eigenvalue weighted by Gasteiger charge is -2.08. The van der Waals surface area contributed by atoms with Crippen LogP contribution in [0.15, 0.2) is 0 Å². The van der Waals surface area contributed by atoms with Gasteiger partial charge in [0, 0.05) is 10.8 Å². The summed E-state index contributed by atoms with van der Waals surface area (Å²) in [5.74, 6) is 0.607. The van der Waals surface area contributed by atoms with Crippen molar-refractivity contribution in [2.45, 2.75) is 20.8 Å². The predicted molar refractivity (Wildman–Crippen MR) is 35.9 cm³/mol. The van der Waals surface area contributed by atoms with Crippen LogP contribution in [0.1, 0.15) is 20.8 Å². The van der Waals surface area contributed by atoms with Crippen LogP contribution in [-0.4, -0.2) is 11.5 Å². The number of hydrogen-bond acceptors (Lipinski definition) is 2. The average Bonchev–Trinajstić information content (AvgIpc) is 1.63. The smallest absolute Gasteiger partial charge is 0.206 e. The fourth-order valence-corrected chi connectivity index (χ4v) is 0.446. The van der Waals surface area contributed by atoms with Crippen LogP contribution in [-0.2, 0) is 0 Å². The fraction of sp³-hybridized carbons (Fsp3) is 1.00. The van der Waals surface area contributed by atoms with Gasteiger partial charge in [0.2, 0.25) is 6.54 Å². The summed E-state index contributed by atoms with van der Waals surface area (Å²) in [7, 11) is 0. The molecule has 0 fully saturated rings. The first-order chi connectivity index (χ1) is 4.04. The maximum absolute atomic E-state index is 9.92. The molecule has 0 saturated heterocycles. The van der Waals surface area contributed by atoms with Crippen LogP contribution in [0, 0.1) is 22.0 Å². The maximum Gasteiger partial charge on any atom is 0.206 e. The second kappa shape index (κ2) is 3.43. The molecule has 0 unspecified atom stereocenters. The molecule has 0 radical (unpaired) electrons. The van der Waals surface area contributed by atoms with Gasteiger partial charge in [0.1, 0.15) is 0 Å². The van der Waals surface area contributed by atoms with Gasteiger partial charge in [-0.2, -0.15) is 0 Å². The maximum atomic E-state index is 9.92. The van der Waals surface area contributed by atoms with Gasteiger partial charge in [0.15, 0.2) is 0 Å². The highest BCUT2D eigenvalue weighted by Gasteiger charge is 2.12. The zero-order valence-corrected chi connectivity index (χ0v) is 6.13. The third-order valence-corrected chi connectivity index (χ3v) is 1.58. The normalized spacial score (nSPS) is 13.8. The predicted octanol–water partition coefficient (Wildman–Crippen LogP) is 1.56. The Morgan fingerprint density at radius 2 is 1.89 bits per heavy atom. The van der Waals surface area contributed by atoms with E-state index in [1.165, 1.54) is 0 Å². The molecule has 0 heterocycles. The van der Waals surface area contributed by atoms with E-state index >= 15 is 0 Å². The Bertz CT molecular complexity index is 101. The first kappa shape index (κ1) is 8.40. The van der Waals surface area contributed by atoms with Crippen LogP contribution in [0.4, 0.5) is 0 Å². The highest BCUT2D eigenvalue weighted by atomic mass is 16.6. The first-order valence-electron chi connectivity index (χ1n) is 3.16. The van der Waals surface area contributed by atoms with Crippen molar-refractivity contribution in [3.05, 3.63) is 10.1 Å². The molecule has 0 aliphatic carbocycles. The fourth-order valence-electron chi connectivity index (χ4n) is 0.446. The molecule has 0 spiro atoms. The molecular formula is C6H13NO2. The summed E-state index contributed by atoms with van der Waals surface area (Å²) < 4.78 is 0. The van der Waals surface area contributed by atoms with Gasteiger partial charge < -0.3 is 0 Å². The van der Waals surface area contributed by atoms with E-state index in [4.69, 9.17) is 0 Å². The average molecular weight is 131 g/mol. The quantitative estimate of drug-likeness (QED) is 0.431. The minimum absolute atomic E-state index is 0.0949. The summed E-state index contributed by atoms with van der Waals surface area (Å²) in [6.45, 7) is 5.98. The largest absolute Gasteiger partial charge is 0.265 e. The SMILES string of the molecule is CC(C)[C@H](C)C[N+](=O)[O-]. The standard InChI is InChI=1S/C6H13NO2/c1-5(2)6(3)4-7(8)9/h5-6H,4H2,1-3H3/t6-/m1/s1. The van der Waals surface area contributed by atoms with Crippen LogP contribution in [0.3, 0.4) is 0 Å². The summed E-state index contributed by atoms with van der Waals surface area (Å²) in [5.41, 5.74) is 0. The summed E-state index contributed by atoms with van der Waals surface area (Å²) in [6.07, 6.45) is 0. The molecule has 0 rings (SSSR count). The Hall–Kier alpha value is -0.600. The Morgan fingerprint density at radius 1 is 1.44 bits per heavy atom. The summed E-state index contributed by atoms with van der Waals surface area (Å²) in [6, 6.07) is 0. The highest BCUT2D eigenvalue weighted by molar-refractivity contribution is 4.53. The van der Waals surface area contributed by atoms with Crippen LogP contribution < -0.4 is 0 Å². The van der Waals surface area contributed by atoms with Crippen LogP contribution in [0.2, 0.25) is 0 Å². The van der Waals surface area contributed by atoms with Gasteiger partial charge in [0.05, 0.1) is 0 Å². The molecule has 0 aliphatic heterocycles. The van der Waals surface area contributed by atoms with Crippen molar-refractivity contribution in [2.24, 2.45) is 11.8 Å². The van der Waals surface area contributed by atoms with E-state index in [9.17, 15) is 10.1 Å². The van der Waals surface area contributed by atoms with Gasteiger partial charge in [-0.15, -0.1) is 0 Å². The molecule has 0 bridgehead atoms. The molecule has 3 heteroatoms. The summed E-state index contributed by atoms with van der Waals surface area (Å²) >= 11 is 0. The van der Waals surface area contributed by atoms with Gasteiger partial charge in [-0.3, -0.25) is 10.1 Å². The lowest BCUT2D eigenvalue weighted by atomic mass is 9.99. The Morgan fingerprint density at radius 3 is 2.00 bits per heavy atom. The minimum atomic E-state index is -0.259. The van der Waals surface area contributed by atoms with Crippen LogP contribution in [0.5, 0.6) is 0 Å². The summed E-state index contributed by atoms with van der Waals surface area (Å²) in [4.78, 5) is 9.66. The summed E-state index contributed by atoms with van der Waals surface area (Å²) in [5, 5.41) is 9.92. The van der Waals surface area contributed by atoms with Crippen molar-refractivity contribution < 1.29 is 4.92 Å². The molecular weight excluding hydrogens is 118 g/mol. The van der Waals surface area contributed by atoms with Gasteiger partial charge in [-0.05, 0) is 5.92 Å². The van der Waals surface area contributed by atoms with Crippen molar-refractivity contribution in [2.75, 3.05) is 6.54 Å². The molecule has 0 saturated carbocycles. The molecule has 0 aliphatic rings. The van der Waals surface area contributed by atoms with Crippen molar-refractivity contribution >= 4 is 0 Å². The molecule has 0 aromatic heterocycles. The minimum Gasteiger partial charge on any atom is -0.265 e. The topological polar surface area (TPSA) is 43.1 Å². The second-order valence-electron chi connectivity index (χ2n) is 2.74. The van der Waals surface area contributed by atoms with Gasteiger partial charge in [0.25, 0.3) is 0 Å². The van der Waals surface area contributed by atoms with E-state index in [0.717, 1.165) is 0 Å². The Kier molecular flexibility index (Phi) is 3.20. The van der Waals surface area contributed by atoms with E-state index in [2.05, 4.69) is 0 Å². The van der Waals surface area contributed by atoms with Crippen LogP contribution in [0.25, 0.3) is 0 Å². The van der Waals surface area contributed by atoms with Crippen molar-refractivity contribution in [1.29, 1.82) is 0 Å². The molecule has 54 valence electrons. The first-order valence-corrected chi connectivity index (χ1v) is 3.16.